The minimum atomic E-state index is -1.75. The van der Waals surface area contributed by atoms with E-state index in [2.05, 4.69) is 0 Å². The van der Waals surface area contributed by atoms with Gasteiger partial charge in [0.05, 0.1) is 25.4 Å². The maximum Gasteiger partial charge on any atom is 0.229 e. The van der Waals surface area contributed by atoms with E-state index in [1.54, 1.807) is 24.3 Å². The molecule has 14 nitrogen and oxygen atoms in total. The summed E-state index contributed by atoms with van der Waals surface area (Å²) in [7, 11) is 1.52. The van der Waals surface area contributed by atoms with Gasteiger partial charge in [0.15, 0.2) is 6.29 Å². The molecule has 0 spiro atoms. The van der Waals surface area contributed by atoms with E-state index in [1.165, 1.54) is 26.4 Å². The Bertz CT molecular complexity index is 1440. The van der Waals surface area contributed by atoms with Crippen molar-refractivity contribution >= 4 is 11.0 Å². The Labute approximate surface area is 238 Å². The van der Waals surface area contributed by atoms with Gasteiger partial charge in [-0.2, -0.15) is 0 Å². The summed E-state index contributed by atoms with van der Waals surface area (Å²) in [5, 5.41) is 71.9. The van der Waals surface area contributed by atoms with Gasteiger partial charge in [-0.05, 0) is 24.6 Å². The van der Waals surface area contributed by atoms with E-state index in [4.69, 9.17) is 28.1 Å². The molecule has 5 rings (SSSR count). The van der Waals surface area contributed by atoms with Crippen LogP contribution in [0, 0.1) is 0 Å². The van der Waals surface area contributed by atoms with E-state index in [0.717, 1.165) is 6.07 Å². The molecule has 0 radical (unpaired) electrons. The topological polar surface area (TPSA) is 218 Å². The first-order valence-electron chi connectivity index (χ1n) is 13.1. The minimum Gasteiger partial charge on any atom is -0.507 e. The Morgan fingerprint density at radius 3 is 2.17 bits per heavy atom. The van der Waals surface area contributed by atoms with Gasteiger partial charge in [0.1, 0.15) is 77.2 Å². The molecule has 2 saturated heterocycles. The summed E-state index contributed by atoms with van der Waals surface area (Å²) in [5.41, 5.74) is 0.200. The first-order chi connectivity index (χ1) is 20.0. The summed E-state index contributed by atoms with van der Waals surface area (Å²) in [6, 6.07) is 9.07. The molecule has 0 amide bonds. The van der Waals surface area contributed by atoms with E-state index in [1.807, 2.05) is 0 Å². The number of aromatic hydroxyl groups is 1. The molecule has 0 bridgehead atoms. The molecular formula is C28H32O14. The second-order valence-electron chi connectivity index (χ2n) is 10.2. The molecule has 0 saturated carbocycles. The van der Waals surface area contributed by atoms with Gasteiger partial charge in [-0.15, -0.1) is 0 Å². The number of aliphatic hydroxyl groups excluding tert-OH is 6. The third kappa shape index (κ3) is 5.68. The zero-order valence-electron chi connectivity index (χ0n) is 22.5. The molecule has 3 aromatic rings. The normalized spacial score (nSPS) is 33.4. The molecule has 2 aliphatic heterocycles. The number of ether oxygens (including phenoxy) is 5. The van der Waals surface area contributed by atoms with Gasteiger partial charge in [0, 0.05) is 12.1 Å². The Morgan fingerprint density at radius 2 is 1.48 bits per heavy atom. The molecule has 2 aliphatic rings. The number of hydrogen-bond donors (Lipinski definition) is 7. The van der Waals surface area contributed by atoms with Crippen molar-refractivity contribution in [2.75, 3.05) is 13.7 Å². The Kier molecular flexibility index (Phi) is 8.71. The predicted molar refractivity (Wildman–Crippen MR) is 142 cm³/mol. The fourth-order valence-corrected chi connectivity index (χ4v) is 4.87. The highest BCUT2D eigenvalue weighted by Crippen LogP contribution is 2.33. The Hall–Kier alpha value is -3.31. The molecule has 2 fully saturated rings. The third-order valence-electron chi connectivity index (χ3n) is 7.39. The van der Waals surface area contributed by atoms with Crippen LogP contribution < -0.4 is 14.9 Å². The second-order valence-corrected chi connectivity index (χ2v) is 10.2. The number of aliphatic hydroxyl groups is 6. The SMILES string of the molecule is COc1ccc(-c2coc3cc(O[C@@H]4O[C@H](CO[C@@H]5O[C@H](C)[C@H](O)[C@H](O)[C@@H]5O)[C@H](O)[C@H](O)[C@@H]4O)cc(O)c3c2=O)cc1. The van der Waals surface area contributed by atoms with Crippen LogP contribution in [0.2, 0.25) is 0 Å². The summed E-state index contributed by atoms with van der Waals surface area (Å²) in [6.07, 6.45) is -13.6. The highest BCUT2D eigenvalue weighted by Gasteiger charge is 2.47. The van der Waals surface area contributed by atoms with Gasteiger partial charge in [0.2, 0.25) is 11.7 Å². The van der Waals surface area contributed by atoms with E-state index < -0.39 is 79.2 Å². The van der Waals surface area contributed by atoms with E-state index in [9.17, 15) is 40.5 Å². The van der Waals surface area contributed by atoms with Crippen LogP contribution in [0.15, 0.2) is 51.9 Å². The van der Waals surface area contributed by atoms with Crippen molar-refractivity contribution < 1.29 is 63.8 Å². The van der Waals surface area contributed by atoms with Crippen molar-refractivity contribution in [2.24, 2.45) is 0 Å². The van der Waals surface area contributed by atoms with Crippen LogP contribution in [-0.2, 0) is 14.2 Å². The predicted octanol–water partition coefficient (Wildman–Crippen LogP) is -0.795. The highest BCUT2D eigenvalue weighted by molar-refractivity contribution is 5.88. The van der Waals surface area contributed by atoms with E-state index >= 15 is 0 Å². The molecule has 7 N–H and O–H groups in total. The summed E-state index contributed by atoms with van der Waals surface area (Å²) in [5.74, 6) is 0.0283. The van der Waals surface area contributed by atoms with Crippen molar-refractivity contribution in [1.29, 1.82) is 0 Å². The maximum absolute atomic E-state index is 13.2. The molecular weight excluding hydrogens is 560 g/mol. The van der Waals surface area contributed by atoms with Crippen molar-refractivity contribution in [3.05, 3.63) is 52.9 Å². The van der Waals surface area contributed by atoms with Gasteiger partial charge < -0.3 is 63.8 Å². The molecule has 14 heteroatoms. The standard InChI is InChI=1S/C28H32O14/c1-11-20(30)23(33)25(35)27(40-11)39-10-18-22(32)24(34)26(36)28(42-18)41-14-7-16(29)19-17(8-14)38-9-15(21(19)31)12-3-5-13(37-2)6-4-12/h3-9,11,18,20,22-30,32-36H,10H2,1-2H3/t11-,18-,20+,22+,23+,24+,25+,26+,27-,28-/m1/s1. The van der Waals surface area contributed by atoms with Crippen LogP contribution in [0.25, 0.3) is 22.1 Å². The average molecular weight is 593 g/mol. The van der Waals surface area contributed by atoms with Crippen LogP contribution in [0.3, 0.4) is 0 Å². The van der Waals surface area contributed by atoms with Crippen molar-refractivity contribution in [3.63, 3.8) is 0 Å². The number of fused-ring (bicyclic) bond motifs is 1. The first kappa shape index (κ1) is 30.2. The third-order valence-corrected chi connectivity index (χ3v) is 7.39. The van der Waals surface area contributed by atoms with Gasteiger partial charge in [-0.3, -0.25) is 4.79 Å². The summed E-state index contributed by atoms with van der Waals surface area (Å²) in [6.45, 7) is 0.987. The smallest absolute Gasteiger partial charge is 0.229 e. The van der Waals surface area contributed by atoms with E-state index in [0.29, 0.717) is 11.3 Å². The van der Waals surface area contributed by atoms with Crippen LogP contribution in [0.4, 0.5) is 0 Å². The van der Waals surface area contributed by atoms with Gasteiger partial charge in [-0.1, -0.05) is 12.1 Å². The Morgan fingerprint density at radius 1 is 0.810 bits per heavy atom. The van der Waals surface area contributed by atoms with Gasteiger partial charge >= 0.3 is 0 Å². The molecule has 10 atom stereocenters. The lowest BCUT2D eigenvalue weighted by Crippen LogP contribution is -2.61. The van der Waals surface area contributed by atoms with Crippen LogP contribution in [-0.4, -0.2) is 111 Å². The zero-order chi connectivity index (χ0) is 30.3. The summed E-state index contributed by atoms with van der Waals surface area (Å²) in [4.78, 5) is 13.2. The number of hydrogen-bond acceptors (Lipinski definition) is 14. The minimum absolute atomic E-state index is 0.0312. The second kappa shape index (κ2) is 12.1. The van der Waals surface area contributed by atoms with Crippen LogP contribution >= 0.6 is 0 Å². The van der Waals surface area contributed by atoms with E-state index in [-0.39, 0.29) is 22.3 Å². The number of phenols is 1. The fourth-order valence-electron chi connectivity index (χ4n) is 4.87. The van der Waals surface area contributed by atoms with Crippen molar-refractivity contribution in [2.45, 2.75) is 68.3 Å². The average Bonchev–Trinajstić information content (AvgIpc) is 2.98. The quantitative estimate of drug-likeness (QED) is 0.179. The fraction of sp³-hybridized carbons (Fsp3) is 0.464. The number of methoxy groups -OCH3 is 1. The largest absolute Gasteiger partial charge is 0.507 e. The molecule has 228 valence electrons. The molecule has 1 aromatic heterocycles. The number of benzene rings is 2. The van der Waals surface area contributed by atoms with Gasteiger partial charge in [0.25, 0.3) is 0 Å². The lowest BCUT2D eigenvalue weighted by Gasteiger charge is -2.42. The zero-order valence-corrected chi connectivity index (χ0v) is 22.5. The van der Waals surface area contributed by atoms with Crippen LogP contribution in [0.1, 0.15) is 6.92 Å². The lowest BCUT2D eigenvalue weighted by molar-refractivity contribution is -0.318. The highest BCUT2D eigenvalue weighted by atomic mass is 16.7. The summed E-state index contributed by atoms with van der Waals surface area (Å²) >= 11 is 0. The molecule has 42 heavy (non-hydrogen) atoms. The lowest BCUT2D eigenvalue weighted by atomic mass is 9.98. The summed E-state index contributed by atoms with van der Waals surface area (Å²) < 4.78 is 32.8. The molecule has 2 aromatic carbocycles. The number of phenolic OH excluding ortho intramolecular Hbond substituents is 1. The molecule has 0 aliphatic carbocycles. The maximum atomic E-state index is 13.2. The molecule has 3 heterocycles. The first-order valence-corrected chi connectivity index (χ1v) is 13.1. The number of rotatable bonds is 7. The van der Waals surface area contributed by atoms with Crippen LogP contribution in [0.5, 0.6) is 17.2 Å². The van der Waals surface area contributed by atoms with Crippen molar-refractivity contribution in [3.8, 4) is 28.4 Å². The Balaban J connectivity index is 1.33. The molecule has 0 unspecified atom stereocenters. The van der Waals surface area contributed by atoms with Gasteiger partial charge in [-0.25, -0.2) is 0 Å². The monoisotopic (exact) mass is 592 g/mol. The van der Waals surface area contributed by atoms with Crippen molar-refractivity contribution in [1.82, 2.24) is 0 Å².